The summed E-state index contributed by atoms with van der Waals surface area (Å²) in [5.74, 6) is 2.62. The van der Waals surface area contributed by atoms with Gasteiger partial charge >= 0.3 is 0 Å². The van der Waals surface area contributed by atoms with Crippen molar-refractivity contribution in [3.8, 4) is 11.5 Å². The van der Waals surface area contributed by atoms with Crippen LogP contribution in [0.25, 0.3) is 0 Å². The highest BCUT2D eigenvalue weighted by Gasteiger charge is 2.16. The minimum Gasteiger partial charge on any atom is -0.493 e. The molecule has 21 heavy (non-hydrogen) atoms. The van der Waals surface area contributed by atoms with Crippen LogP contribution in [0.5, 0.6) is 11.5 Å². The van der Waals surface area contributed by atoms with Crippen molar-refractivity contribution < 1.29 is 9.47 Å². The molecule has 1 aliphatic rings. The summed E-state index contributed by atoms with van der Waals surface area (Å²) in [4.78, 5) is 4.37. The van der Waals surface area contributed by atoms with Gasteiger partial charge in [-0.3, -0.25) is 0 Å². The Morgan fingerprint density at radius 3 is 2.57 bits per heavy atom. The first kappa shape index (κ1) is 15.9. The fourth-order valence-electron chi connectivity index (χ4n) is 2.19. The number of guanidine groups is 1. The Morgan fingerprint density at radius 2 is 2.00 bits per heavy atom. The topological polar surface area (TPSA) is 68.9 Å². The minimum atomic E-state index is 0.489. The Labute approximate surface area is 134 Å². The number of rotatable bonds is 6. The van der Waals surface area contributed by atoms with Crippen molar-refractivity contribution in [3.63, 3.8) is 0 Å². The average molecular weight is 356 g/mol. The van der Waals surface area contributed by atoms with E-state index < -0.39 is 0 Å². The lowest BCUT2D eigenvalue weighted by molar-refractivity contribution is 0.315. The molecule has 0 aliphatic heterocycles. The highest BCUT2D eigenvalue weighted by Crippen LogP contribution is 2.33. The Hall–Kier alpha value is -1.43. The normalized spacial score (nSPS) is 15.5. The number of aliphatic imine (C=N–C) groups is 1. The van der Waals surface area contributed by atoms with E-state index in [-0.39, 0.29) is 0 Å². The van der Waals surface area contributed by atoms with Gasteiger partial charge in [0.25, 0.3) is 0 Å². The first-order valence-corrected chi connectivity index (χ1v) is 7.87. The van der Waals surface area contributed by atoms with Crippen molar-refractivity contribution in [1.29, 1.82) is 0 Å². The number of hydrogen-bond donors (Lipinski definition) is 2. The van der Waals surface area contributed by atoms with Gasteiger partial charge in [0.1, 0.15) is 0 Å². The summed E-state index contributed by atoms with van der Waals surface area (Å²) in [6.07, 6.45) is 3.92. The predicted octanol–water partition coefficient (Wildman–Crippen LogP) is 2.67. The zero-order chi connectivity index (χ0) is 15.2. The molecule has 0 aromatic heterocycles. The van der Waals surface area contributed by atoms with Gasteiger partial charge in [0.15, 0.2) is 17.5 Å². The maximum absolute atomic E-state index is 5.89. The fraction of sp³-hybridized carbons (Fsp3) is 0.533. The molecule has 0 unspecified atom stereocenters. The number of halogens is 1. The lowest BCUT2D eigenvalue weighted by atomic mass is 9.85. The molecule has 0 spiro atoms. The van der Waals surface area contributed by atoms with Crippen LogP contribution in [0.15, 0.2) is 21.6 Å². The van der Waals surface area contributed by atoms with E-state index in [9.17, 15) is 0 Å². The predicted molar refractivity (Wildman–Crippen MR) is 87.9 cm³/mol. The number of nitrogens with zero attached hydrogens (tertiary/aromatic N) is 1. The first-order valence-electron chi connectivity index (χ1n) is 7.08. The van der Waals surface area contributed by atoms with Crippen molar-refractivity contribution in [1.82, 2.24) is 5.32 Å². The van der Waals surface area contributed by atoms with Crippen LogP contribution >= 0.6 is 15.9 Å². The number of nitrogens with one attached hydrogen (secondary N) is 1. The largest absolute Gasteiger partial charge is 0.493 e. The van der Waals surface area contributed by atoms with Gasteiger partial charge in [-0.1, -0.05) is 22.4 Å². The first-order chi connectivity index (χ1) is 10.1. The molecule has 0 bridgehead atoms. The van der Waals surface area contributed by atoms with Crippen LogP contribution in [0.3, 0.4) is 0 Å². The van der Waals surface area contributed by atoms with Gasteiger partial charge in [-0.25, -0.2) is 4.99 Å². The quantitative estimate of drug-likeness (QED) is 0.607. The van der Waals surface area contributed by atoms with Crippen LogP contribution < -0.4 is 20.5 Å². The molecule has 1 aromatic rings. The maximum atomic E-state index is 5.89. The highest BCUT2D eigenvalue weighted by atomic mass is 79.9. The SMILES string of the molecule is COc1cc(Br)c(CN=C(N)NCC2CCC2)cc1OC. The number of nitrogens with two attached hydrogens (primary N) is 1. The third kappa shape index (κ3) is 4.27. The van der Waals surface area contributed by atoms with Gasteiger partial charge in [-0.05, 0) is 36.5 Å². The average Bonchev–Trinajstić information content (AvgIpc) is 2.43. The van der Waals surface area contributed by atoms with E-state index in [0.29, 0.717) is 24.0 Å². The summed E-state index contributed by atoms with van der Waals surface area (Å²) in [6.45, 7) is 1.41. The molecule has 0 saturated heterocycles. The number of methoxy groups -OCH3 is 2. The van der Waals surface area contributed by atoms with E-state index in [1.54, 1.807) is 14.2 Å². The molecule has 5 nitrogen and oxygen atoms in total. The van der Waals surface area contributed by atoms with Gasteiger partial charge < -0.3 is 20.5 Å². The molecule has 1 aromatic carbocycles. The van der Waals surface area contributed by atoms with E-state index in [1.807, 2.05) is 12.1 Å². The van der Waals surface area contributed by atoms with Crippen molar-refractivity contribution in [2.75, 3.05) is 20.8 Å². The van der Waals surface area contributed by atoms with E-state index in [4.69, 9.17) is 15.2 Å². The zero-order valence-corrected chi connectivity index (χ0v) is 14.1. The number of benzene rings is 1. The number of ether oxygens (including phenoxy) is 2. The summed E-state index contributed by atoms with van der Waals surface area (Å²) in [6, 6.07) is 3.79. The standard InChI is InChI=1S/C15H22BrN3O2/c1-20-13-6-11(12(16)7-14(13)21-2)9-19-15(17)18-8-10-4-3-5-10/h6-7,10H,3-5,8-9H2,1-2H3,(H3,17,18,19). The Kier molecular flexibility index (Phi) is 5.73. The summed E-state index contributed by atoms with van der Waals surface area (Å²) in [5, 5.41) is 3.18. The third-order valence-electron chi connectivity index (χ3n) is 3.77. The second kappa shape index (κ2) is 7.54. The monoisotopic (exact) mass is 355 g/mol. The summed E-state index contributed by atoms with van der Waals surface area (Å²) in [5.41, 5.74) is 6.89. The van der Waals surface area contributed by atoms with Crippen molar-refractivity contribution in [2.45, 2.75) is 25.8 Å². The van der Waals surface area contributed by atoms with Gasteiger partial charge in [0.05, 0.1) is 20.8 Å². The fourth-order valence-corrected chi connectivity index (χ4v) is 2.64. The van der Waals surface area contributed by atoms with E-state index in [1.165, 1.54) is 19.3 Å². The van der Waals surface area contributed by atoms with Crippen molar-refractivity contribution in [2.24, 2.45) is 16.6 Å². The molecule has 0 radical (unpaired) electrons. The van der Waals surface area contributed by atoms with Gasteiger partial charge in [0, 0.05) is 11.0 Å². The molecule has 6 heteroatoms. The Bertz CT molecular complexity index is 516. The van der Waals surface area contributed by atoms with E-state index in [2.05, 4.69) is 26.2 Å². The van der Waals surface area contributed by atoms with Crippen LogP contribution in [0.4, 0.5) is 0 Å². The van der Waals surface area contributed by atoms with Crippen molar-refractivity contribution in [3.05, 3.63) is 22.2 Å². The van der Waals surface area contributed by atoms with E-state index in [0.717, 1.165) is 22.5 Å². The molecular weight excluding hydrogens is 334 g/mol. The molecule has 2 rings (SSSR count). The van der Waals surface area contributed by atoms with Gasteiger partial charge in [0.2, 0.25) is 0 Å². The summed E-state index contributed by atoms with van der Waals surface area (Å²) in [7, 11) is 3.23. The van der Waals surface area contributed by atoms with Crippen LogP contribution in [0, 0.1) is 5.92 Å². The molecule has 3 N–H and O–H groups in total. The molecule has 1 aliphatic carbocycles. The summed E-state index contributed by atoms with van der Waals surface area (Å²) < 4.78 is 11.5. The molecule has 0 heterocycles. The zero-order valence-electron chi connectivity index (χ0n) is 12.5. The van der Waals surface area contributed by atoms with Crippen LogP contribution in [0.2, 0.25) is 0 Å². The number of hydrogen-bond acceptors (Lipinski definition) is 3. The molecular formula is C15H22BrN3O2. The lowest BCUT2D eigenvalue weighted by Crippen LogP contribution is -2.37. The van der Waals surface area contributed by atoms with Crippen LogP contribution in [-0.2, 0) is 6.54 Å². The minimum absolute atomic E-state index is 0.489. The van der Waals surface area contributed by atoms with Gasteiger partial charge in [-0.15, -0.1) is 0 Å². The second-order valence-electron chi connectivity index (χ2n) is 5.18. The maximum Gasteiger partial charge on any atom is 0.188 e. The second-order valence-corrected chi connectivity index (χ2v) is 6.03. The molecule has 0 atom stereocenters. The van der Waals surface area contributed by atoms with E-state index >= 15 is 0 Å². The van der Waals surface area contributed by atoms with Crippen LogP contribution in [-0.4, -0.2) is 26.7 Å². The Balaban J connectivity index is 1.97. The molecule has 1 saturated carbocycles. The van der Waals surface area contributed by atoms with Crippen molar-refractivity contribution >= 4 is 21.9 Å². The van der Waals surface area contributed by atoms with Crippen LogP contribution in [0.1, 0.15) is 24.8 Å². The smallest absolute Gasteiger partial charge is 0.188 e. The Morgan fingerprint density at radius 1 is 1.33 bits per heavy atom. The molecule has 116 valence electrons. The van der Waals surface area contributed by atoms with Gasteiger partial charge in [-0.2, -0.15) is 0 Å². The lowest BCUT2D eigenvalue weighted by Gasteiger charge is -2.25. The molecule has 1 fully saturated rings. The molecule has 0 amide bonds. The third-order valence-corrected chi connectivity index (χ3v) is 4.51. The summed E-state index contributed by atoms with van der Waals surface area (Å²) >= 11 is 3.52. The highest BCUT2D eigenvalue weighted by molar-refractivity contribution is 9.10.